The summed E-state index contributed by atoms with van der Waals surface area (Å²) in [6, 6.07) is 12.9. The van der Waals surface area contributed by atoms with Gasteiger partial charge in [0.2, 0.25) is 0 Å². The van der Waals surface area contributed by atoms with Crippen LogP contribution in [0.5, 0.6) is 0 Å². The minimum absolute atomic E-state index is 0.00654. The Morgan fingerprint density at radius 3 is 2.33 bits per heavy atom. The molecule has 0 aromatic heterocycles. The number of nitro groups is 2. The van der Waals surface area contributed by atoms with Gasteiger partial charge in [-0.3, -0.25) is 25.7 Å². The molecule has 2 N–H and O–H groups in total. The zero-order chi connectivity index (χ0) is 20.0. The van der Waals surface area contributed by atoms with Gasteiger partial charge in [-0.1, -0.05) is 30.3 Å². The van der Waals surface area contributed by atoms with Crippen LogP contribution in [0.15, 0.2) is 53.6 Å². The fraction of sp³-hybridized carbons (Fsp3) is 0.278. The van der Waals surface area contributed by atoms with Gasteiger partial charge in [0, 0.05) is 6.07 Å². The van der Waals surface area contributed by atoms with Crippen molar-refractivity contribution in [1.82, 2.24) is 0 Å². The lowest BCUT2D eigenvalue weighted by Crippen LogP contribution is -2.32. The molecule has 0 bridgehead atoms. The lowest BCUT2D eigenvalue weighted by molar-refractivity contribution is -0.393. The number of non-ortho nitro benzene ring substituents is 1. The van der Waals surface area contributed by atoms with Crippen LogP contribution in [0.1, 0.15) is 25.8 Å². The minimum atomic E-state index is -1.24. The third kappa shape index (κ3) is 5.58. The Morgan fingerprint density at radius 1 is 1.11 bits per heavy atom. The average Bonchev–Trinajstić information content (AvgIpc) is 2.61. The lowest BCUT2D eigenvalue weighted by atomic mass is 9.96. The second kappa shape index (κ2) is 8.37. The summed E-state index contributed by atoms with van der Waals surface area (Å²) in [5.41, 5.74) is 1.95. The van der Waals surface area contributed by atoms with Crippen molar-refractivity contribution in [1.29, 1.82) is 0 Å². The van der Waals surface area contributed by atoms with E-state index in [-0.39, 0.29) is 11.4 Å². The molecule has 0 spiro atoms. The molecule has 0 amide bonds. The van der Waals surface area contributed by atoms with Gasteiger partial charge < -0.3 is 5.11 Å². The molecule has 0 radical (unpaired) electrons. The lowest BCUT2D eigenvalue weighted by Gasteiger charge is -2.20. The highest BCUT2D eigenvalue weighted by atomic mass is 16.6. The van der Waals surface area contributed by atoms with Crippen molar-refractivity contribution in [2.24, 2.45) is 5.10 Å². The molecule has 0 saturated heterocycles. The van der Waals surface area contributed by atoms with E-state index in [0.717, 1.165) is 17.7 Å². The normalized spacial score (nSPS) is 11.9. The van der Waals surface area contributed by atoms with E-state index >= 15 is 0 Å². The Balaban J connectivity index is 2.25. The largest absolute Gasteiger partial charge is 0.384 e. The van der Waals surface area contributed by atoms with Gasteiger partial charge in [-0.15, -0.1) is 0 Å². The molecule has 0 aliphatic rings. The SMILES string of the molecule is CC(C)(O)/C(CCc1ccccc1)=N/Nc1ccc([N+](=O)[O-])cc1[N+](=O)[O-]. The summed E-state index contributed by atoms with van der Waals surface area (Å²) >= 11 is 0. The summed E-state index contributed by atoms with van der Waals surface area (Å²) in [5.74, 6) is 0. The number of rotatable bonds is 8. The summed E-state index contributed by atoms with van der Waals surface area (Å²) in [6.07, 6.45) is 1.06. The van der Waals surface area contributed by atoms with E-state index in [1.54, 1.807) is 13.8 Å². The fourth-order valence-electron chi connectivity index (χ4n) is 2.41. The van der Waals surface area contributed by atoms with E-state index in [2.05, 4.69) is 10.5 Å². The monoisotopic (exact) mass is 372 g/mol. The van der Waals surface area contributed by atoms with E-state index in [4.69, 9.17) is 0 Å². The summed E-state index contributed by atoms with van der Waals surface area (Å²) < 4.78 is 0. The Hall–Kier alpha value is -3.33. The number of hydrazone groups is 1. The first-order valence-corrected chi connectivity index (χ1v) is 8.20. The second-order valence-corrected chi connectivity index (χ2v) is 6.43. The Labute approximate surface area is 155 Å². The van der Waals surface area contributed by atoms with E-state index in [1.807, 2.05) is 30.3 Å². The number of nitrogens with zero attached hydrogens (tertiary/aromatic N) is 3. The number of hydrogen-bond donors (Lipinski definition) is 2. The van der Waals surface area contributed by atoms with Crippen molar-refractivity contribution in [3.8, 4) is 0 Å². The predicted molar refractivity (Wildman–Crippen MR) is 102 cm³/mol. The van der Waals surface area contributed by atoms with Crippen molar-refractivity contribution >= 4 is 22.8 Å². The van der Waals surface area contributed by atoms with Gasteiger partial charge in [-0.2, -0.15) is 5.10 Å². The molecule has 9 heteroatoms. The molecular formula is C18H20N4O5. The fourth-order valence-corrected chi connectivity index (χ4v) is 2.41. The van der Waals surface area contributed by atoms with Crippen LogP contribution in [0.4, 0.5) is 17.1 Å². The molecule has 0 aliphatic carbocycles. The van der Waals surface area contributed by atoms with E-state index < -0.39 is 21.1 Å². The Kier molecular flexibility index (Phi) is 6.19. The van der Waals surface area contributed by atoms with Crippen molar-refractivity contribution < 1.29 is 15.0 Å². The highest BCUT2D eigenvalue weighted by Gasteiger charge is 2.23. The topological polar surface area (TPSA) is 131 Å². The predicted octanol–water partition coefficient (Wildman–Crippen LogP) is 3.67. The maximum atomic E-state index is 11.2. The summed E-state index contributed by atoms with van der Waals surface area (Å²) in [4.78, 5) is 20.6. The van der Waals surface area contributed by atoms with Crippen molar-refractivity contribution in [3.63, 3.8) is 0 Å². The third-order valence-corrected chi connectivity index (χ3v) is 3.90. The zero-order valence-electron chi connectivity index (χ0n) is 15.0. The van der Waals surface area contributed by atoms with Crippen LogP contribution in [0.2, 0.25) is 0 Å². The molecule has 0 aliphatic heterocycles. The van der Waals surface area contributed by atoms with Gasteiger partial charge in [0.05, 0.1) is 27.2 Å². The summed E-state index contributed by atoms with van der Waals surface area (Å²) in [5, 5.41) is 36.5. The van der Waals surface area contributed by atoms with Crippen LogP contribution in [0.25, 0.3) is 0 Å². The van der Waals surface area contributed by atoms with Gasteiger partial charge in [0.25, 0.3) is 5.69 Å². The number of aryl methyl sites for hydroxylation is 1. The molecular weight excluding hydrogens is 352 g/mol. The van der Waals surface area contributed by atoms with Crippen molar-refractivity contribution in [3.05, 3.63) is 74.3 Å². The zero-order valence-corrected chi connectivity index (χ0v) is 15.0. The standard InChI is InChI=1S/C18H20N4O5/c1-18(2,23)17(11-8-13-6-4-3-5-7-13)20-19-15-10-9-14(21(24)25)12-16(15)22(26)27/h3-7,9-10,12,19,23H,8,11H2,1-2H3/b20-17+. The van der Waals surface area contributed by atoms with E-state index in [9.17, 15) is 25.3 Å². The van der Waals surface area contributed by atoms with Crippen LogP contribution >= 0.6 is 0 Å². The number of nitro benzene ring substituents is 2. The maximum Gasteiger partial charge on any atom is 0.301 e. The van der Waals surface area contributed by atoms with E-state index in [1.165, 1.54) is 6.07 Å². The maximum absolute atomic E-state index is 11.2. The number of aliphatic hydroxyl groups is 1. The van der Waals surface area contributed by atoms with Crippen molar-refractivity contribution in [2.45, 2.75) is 32.3 Å². The molecule has 2 aromatic carbocycles. The smallest absolute Gasteiger partial charge is 0.301 e. The average molecular weight is 372 g/mol. The molecule has 0 fully saturated rings. The molecule has 2 rings (SSSR count). The first-order chi connectivity index (χ1) is 12.7. The molecule has 0 heterocycles. The third-order valence-electron chi connectivity index (χ3n) is 3.90. The van der Waals surface area contributed by atoms with Gasteiger partial charge in [0.1, 0.15) is 5.69 Å². The Bertz CT molecular complexity index is 860. The molecule has 0 unspecified atom stereocenters. The number of benzene rings is 2. The van der Waals surface area contributed by atoms with Gasteiger partial charge in [-0.05, 0) is 38.3 Å². The molecule has 0 atom stereocenters. The van der Waals surface area contributed by atoms with Gasteiger partial charge >= 0.3 is 5.69 Å². The summed E-state index contributed by atoms with van der Waals surface area (Å²) in [7, 11) is 0. The van der Waals surface area contributed by atoms with Crippen LogP contribution in [0, 0.1) is 20.2 Å². The second-order valence-electron chi connectivity index (χ2n) is 6.43. The first-order valence-electron chi connectivity index (χ1n) is 8.20. The highest BCUT2D eigenvalue weighted by Crippen LogP contribution is 2.29. The number of nitrogens with one attached hydrogen (secondary N) is 1. The van der Waals surface area contributed by atoms with Gasteiger partial charge in [-0.25, -0.2) is 0 Å². The first kappa shape index (κ1) is 20.0. The quantitative estimate of drug-likeness (QED) is 0.413. The molecule has 27 heavy (non-hydrogen) atoms. The number of hydrogen-bond acceptors (Lipinski definition) is 7. The summed E-state index contributed by atoms with van der Waals surface area (Å²) in [6.45, 7) is 3.14. The molecule has 142 valence electrons. The molecule has 2 aromatic rings. The molecule has 0 saturated carbocycles. The van der Waals surface area contributed by atoms with Crippen molar-refractivity contribution in [2.75, 3.05) is 5.43 Å². The van der Waals surface area contributed by atoms with Crippen LogP contribution < -0.4 is 5.43 Å². The molecule has 9 nitrogen and oxygen atoms in total. The van der Waals surface area contributed by atoms with E-state index in [0.29, 0.717) is 18.6 Å². The van der Waals surface area contributed by atoms with Crippen LogP contribution in [0.3, 0.4) is 0 Å². The van der Waals surface area contributed by atoms with Crippen LogP contribution in [-0.2, 0) is 6.42 Å². The van der Waals surface area contributed by atoms with Crippen LogP contribution in [-0.4, -0.2) is 26.3 Å². The number of anilines is 1. The minimum Gasteiger partial charge on any atom is -0.384 e. The Morgan fingerprint density at radius 2 is 1.78 bits per heavy atom. The highest BCUT2D eigenvalue weighted by molar-refractivity contribution is 5.92. The van der Waals surface area contributed by atoms with Gasteiger partial charge in [0.15, 0.2) is 0 Å².